The van der Waals surface area contributed by atoms with E-state index < -0.39 is 0 Å². The van der Waals surface area contributed by atoms with Crippen molar-refractivity contribution in [2.45, 2.75) is 26.1 Å². The maximum atomic E-state index is 9.82. The minimum Gasteiger partial charge on any atom is -0.396 e. The number of nitrogens with two attached hydrogens (primary N) is 1. The molecule has 0 saturated heterocycles. The Morgan fingerprint density at radius 2 is 1.20 bits per heavy atom. The molecule has 0 atom stereocenters. The Morgan fingerprint density at radius 3 is 1.56 bits per heavy atom. The third-order valence-corrected chi connectivity index (χ3v) is 4.54. The minimum atomic E-state index is -0.340. The highest BCUT2D eigenvalue weighted by Crippen LogP contribution is 2.25. The van der Waals surface area contributed by atoms with Crippen LogP contribution in [-0.4, -0.2) is 31.5 Å². The van der Waals surface area contributed by atoms with Crippen LogP contribution < -0.4 is 5.73 Å². The summed E-state index contributed by atoms with van der Waals surface area (Å²) < 4.78 is 11.5. The molecule has 4 heteroatoms. The van der Waals surface area contributed by atoms with Gasteiger partial charge >= 0.3 is 0 Å². The fourth-order valence-electron chi connectivity index (χ4n) is 2.66. The summed E-state index contributed by atoms with van der Waals surface area (Å²) in [6.45, 7) is 2.78. The first-order chi connectivity index (χ1) is 12.3. The van der Waals surface area contributed by atoms with Gasteiger partial charge in [-0.2, -0.15) is 0 Å². The number of aliphatic hydroxyl groups excluding tert-OH is 1. The molecule has 25 heavy (non-hydrogen) atoms. The van der Waals surface area contributed by atoms with Gasteiger partial charge in [-0.1, -0.05) is 60.7 Å². The fraction of sp³-hybridized carbons (Fsp3) is 0.429. The lowest BCUT2D eigenvalue weighted by Crippen LogP contribution is -2.36. The Labute approximate surface area is 150 Å². The number of ether oxygens (including phenoxy) is 2. The number of rotatable bonds is 12. The molecule has 3 N–H and O–H groups in total. The maximum absolute atomic E-state index is 9.82. The molecule has 0 aromatic heterocycles. The molecular weight excluding hydrogens is 314 g/mol. The van der Waals surface area contributed by atoms with E-state index in [-0.39, 0.29) is 12.0 Å². The molecule has 0 aliphatic rings. The van der Waals surface area contributed by atoms with Crippen molar-refractivity contribution < 1.29 is 14.6 Å². The number of hydrogen-bond acceptors (Lipinski definition) is 4. The minimum absolute atomic E-state index is 0.0485. The topological polar surface area (TPSA) is 64.7 Å². The summed E-state index contributed by atoms with van der Waals surface area (Å²) in [5.74, 6) is 0. The largest absolute Gasteiger partial charge is 0.396 e. The van der Waals surface area contributed by atoms with Crippen LogP contribution in [0.4, 0.5) is 0 Å². The zero-order valence-corrected chi connectivity index (χ0v) is 14.8. The summed E-state index contributed by atoms with van der Waals surface area (Å²) in [4.78, 5) is 0. The molecule has 0 saturated carbocycles. The molecule has 0 aliphatic heterocycles. The van der Waals surface area contributed by atoms with Gasteiger partial charge in [0.15, 0.2) is 0 Å². The van der Waals surface area contributed by atoms with Crippen LogP contribution in [0, 0.1) is 5.41 Å². The van der Waals surface area contributed by atoms with Gasteiger partial charge in [0.2, 0.25) is 0 Å². The first kappa shape index (κ1) is 19.6. The van der Waals surface area contributed by atoms with E-state index in [1.54, 1.807) is 0 Å². The summed E-state index contributed by atoms with van der Waals surface area (Å²) in [5.41, 5.74) is 7.89. The summed E-state index contributed by atoms with van der Waals surface area (Å²) in [6, 6.07) is 20.1. The molecule has 4 nitrogen and oxygen atoms in total. The van der Waals surface area contributed by atoms with Crippen molar-refractivity contribution in [2.75, 3.05) is 26.4 Å². The summed E-state index contributed by atoms with van der Waals surface area (Å²) in [5, 5.41) is 9.82. The van der Waals surface area contributed by atoms with Crippen LogP contribution in [0.25, 0.3) is 0 Å². The van der Waals surface area contributed by atoms with Gasteiger partial charge in [0.1, 0.15) is 0 Å². The Kier molecular flexibility index (Phi) is 8.63. The molecule has 0 radical (unpaired) electrons. The van der Waals surface area contributed by atoms with Crippen molar-refractivity contribution in [3.05, 3.63) is 71.8 Å². The zero-order chi connectivity index (χ0) is 17.8. The molecule has 0 spiro atoms. The van der Waals surface area contributed by atoms with Crippen molar-refractivity contribution in [3.8, 4) is 0 Å². The van der Waals surface area contributed by atoms with Crippen LogP contribution in [0.2, 0.25) is 0 Å². The van der Waals surface area contributed by atoms with Crippen LogP contribution in [0.5, 0.6) is 0 Å². The van der Waals surface area contributed by atoms with Gasteiger partial charge in [-0.25, -0.2) is 0 Å². The Bertz CT molecular complexity index is 521. The van der Waals surface area contributed by atoms with E-state index in [2.05, 4.69) is 0 Å². The van der Waals surface area contributed by atoms with Crippen LogP contribution in [-0.2, 0) is 22.7 Å². The van der Waals surface area contributed by atoms with Crippen molar-refractivity contribution in [2.24, 2.45) is 11.1 Å². The van der Waals surface area contributed by atoms with E-state index in [9.17, 15) is 5.11 Å². The summed E-state index contributed by atoms with van der Waals surface area (Å²) >= 11 is 0. The van der Waals surface area contributed by atoms with E-state index in [1.807, 2.05) is 60.7 Å². The van der Waals surface area contributed by atoms with E-state index in [1.165, 1.54) is 0 Å². The Balaban J connectivity index is 1.69. The lowest BCUT2D eigenvalue weighted by Gasteiger charge is -2.30. The van der Waals surface area contributed by atoms with Crippen LogP contribution in [0.1, 0.15) is 24.0 Å². The molecule has 136 valence electrons. The monoisotopic (exact) mass is 343 g/mol. The molecule has 2 aromatic carbocycles. The first-order valence-electron chi connectivity index (χ1n) is 8.82. The smallest absolute Gasteiger partial charge is 0.0716 e. The lowest BCUT2D eigenvalue weighted by molar-refractivity contribution is 0.0218. The molecule has 2 rings (SSSR count). The quantitative estimate of drug-likeness (QED) is 0.581. The highest BCUT2D eigenvalue weighted by atomic mass is 16.5. The Hall–Kier alpha value is -1.72. The fourth-order valence-corrected chi connectivity index (χ4v) is 2.66. The molecule has 2 aromatic rings. The molecular formula is C21H29NO3. The van der Waals surface area contributed by atoms with Gasteiger partial charge in [-0.3, -0.25) is 0 Å². The third kappa shape index (κ3) is 6.96. The molecule has 0 amide bonds. The molecule has 0 aliphatic carbocycles. The average Bonchev–Trinajstić information content (AvgIpc) is 2.69. The van der Waals surface area contributed by atoms with Crippen LogP contribution in [0.3, 0.4) is 0 Å². The van der Waals surface area contributed by atoms with Crippen molar-refractivity contribution >= 4 is 0 Å². The van der Waals surface area contributed by atoms with Gasteiger partial charge in [0, 0.05) is 25.2 Å². The third-order valence-electron chi connectivity index (χ3n) is 4.54. The predicted octanol–water partition coefficient (Wildman–Crippen LogP) is 3.14. The second-order valence-corrected chi connectivity index (χ2v) is 6.44. The lowest BCUT2D eigenvalue weighted by atomic mass is 9.82. The van der Waals surface area contributed by atoms with Gasteiger partial charge in [-0.15, -0.1) is 0 Å². The Morgan fingerprint density at radius 1 is 0.760 bits per heavy atom. The van der Waals surface area contributed by atoms with E-state index in [0.29, 0.717) is 33.0 Å². The first-order valence-corrected chi connectivity index (χ1v) is 8.82. The van der Waals surface area contributed by atoms with E-state index >= 15 is 0 Å². The number of hydrogen-bond donors (Lipinski definition) is 2. The molecule has 0 unspecified atom stereocenters. The summed E-state index contributed by atoms with van der Waals surface area (Å²) in [6.07, 6.45) is 1.45. The second kappa shape index (κ2) is 11.0. The van der Waals surface area contributed by atoms with E-state index in [4.69, 9.17) is 15.2 Å². The summed E-state index contributed by atoms with van der Waals surface area (Å²) in [7, 11) is 0. The number of benzene rings is 2. The molecule has 0 heterocycles. The molecule has 0 fully saturated rings. The van der Waals surface area contributed by atoms with Gasteiger partial charge < -0.3 is 20.3 Å². The second-order valence-electron chi connectivity index (χ2n) is 6.44. The number of aliphatic hydroxyl groups is 1. The maximum Gasteiger partial charge on any atom is 0.0716 e. The SMILES string of the molecule is NCC(CO)(CCOCc1ccccc1)CCOCc1ccccc1. The van der Waals surface area contributed by atoms with Crippen LogP contribution >= 0.6 is 0 Å². The van der Waals surface area contributed by atoms with E-state index in [0.717, 1.165) is 24.0 Å². The normalized spacial score (nSPS) is 11.6. The van der Waals surface area contributed by atoms with Gasteiger partial charge in [0.05, 0.1) is 19.8 Å². The van der Waals surface area contributed by atoms with Gasteiger partial charge in [0.25, 0.3) is 0 Å². The zero-order valence-electron chi connectivity index (χ0n) is 14.8. The van der Waals surface area contributed by atoms with Crippen molar-refractivity contribution in [3.63, 3.8) is 0 Å². The van der Waals surface area contributed by atoms with Crippen molar-refractivity contribution in [1.29, 1.82) is 0 Å². The standard InChI is InChI=1S/C21H29NO3/c22-17-21(18-23,11-13-24-15-19-7-3-1-4-8-19)12-14-25-16-20-9-5-2-6-10-20/h1-10,23H,11-18,22H2. The van der Waals surface area contributed by atoms with Crippen LogP contribution in [0.15, 0.2) is 60.7 Å². The average molecular weight is 343 g/mol. The van der Waals surface area contributed by atoms with Gasteiger partial charge in [-0.05, 0) is 24.0 Å². The predicted molar refractivity (Wildman–Crippen MR) is 100 cm³/mol. The molecule has 0 bridgehead atoms. The highest BCUT2D eigenvalue weighted by Gasteiger charge is 2.27. The van der Waals surface area contributed by atoms with Crippen molar-refractivity contribution in [1.82, 2.24) is 0 Å². The highest BCUT2D eigenvalue weighted by molar-refractivity contribution is 5.14.